The van der Waals surface area contributed by atoms with Crippen molar-refractivity contribution in [2.24, 2.45) is 0 Å². The molecule has 0 spiro atoms. The van der Waals surface area contributed by atoms with Crippen LogP contribution in [0.25, 0.3) is 22.6 Å². The van der Waals surface area contributed by atoms with Crippen LogP contribution >= 0.6 is 0 Å². The molecule has 32 heavy (non-hydrogen) atoms. The van der Waals surface area contributed by atoms with Crippen LogP contribution in [0.1, 0.15) is 101 Å². The smallest absolute Gasteiger partial charge is 0.247 e. The normalized spacial score (nSPS) is 13.9. The topological polar surface area (TPSA) is 38.9 Å². The number of fused-ring (bicyclic) bond motifs is 3. The lowest BCUT2D eigenvalue weighted by atomic mass is 9.70. The molecule has 0 saturated carbocycles. The molecule has 0 N–H and O–H groups in total. The fourth-order valence-electron chi connectivity index (χ4n) is 5.53. The molecule has 0 unspecified atom stereocenters. The molecular weight excluding hydrogens is 392 g/mol. The Morgan fingerprint density at radius 3 is 1.94 bits per heavy atom. The Morgan fingerprint density at radius 1 is 0.719 bits per heavy atom. The van der Waals surface area contributed by atoms with Gasteiger partial charge in [-0.2, -0.15) is 0 Å². The largest absolute Gasteiger partial charge is 0.421 e. The van der Waals surface area contributed by atoms with Gasteiger partial charge in [0.05, 0.1) is 0 Å². The monoisotopic (exact) mass is 430 g/mol. The Hall–Kier alpha value is -2.42. The summed E-state index contributed by atoms with van der Waals surface area (Å²) in [4.78, 5) is 0. The van der Waals surface area contributed by atoms with Gasteiger partial charge in [-0.25, -0.2) is 0 Å². The molecule has 3 aromatic rings. The van der Waals surface area contributed by atoms with E-state index in [9.17, 15) is 0 Å². The van der Waals surface area contributed by atoms with Gasteiger partial charge in [-0.3, -0.25) is 0 Å². The summed E-state index contributed by atoms with van der Waals surface area (Å²) < 4.78 is 5.80. The van der Waals surface area contributed by atoms with Gasteiger partial charge in [0, 0.05) is 17.9 Å². The van der Waals surface area contributed by atoms with Gasteiger partial charge in [-0.1, -0.05) is 95.0 Å². The molecule has 0 aliphatic heterocycles. The number of unbranched alkanes of at least 4 members (excludes halogenated alkanes) is 6. The Labute approximate surface area is 193 Å². The highest BCUT2D eigenvalue weighted by atomic mass is 16.4. The maximum absolute atomic E-state index is 5.80. The average molecular weight is 431 g/mol. The minimum absolute atomic E-state index is 0.0866. The lowest BCUT2D eigenvalue weighted by Crippen LogP contribution is -2.25. The van der Waals surface area contributed by atoms with Gasteiger partial charge in [-0.15, -0.1) is 10.2 Å². The molecule has 1 heterocycles. The summed E-state index contributed by atoms with van der Waals surface area (Å²) in [6.07, 6.45) is 12.8. The minimum Gasteiger partial charge on any atom is -0.421 e. The predicted molar refractivity (Wildman–Crippen MR) is 133 cm³/mol. The highest BCUT2D eigenvalue weighted by Gasteiger charge is 2.42. The fraction of sp³-hybridized carbons (Fsp3) is 0.517. The van der Waals surface area contributed by atoms with Crippen molar-refractivity contribution >= 4 is 0 Å². The van der Waals surface area contributed by atoms with Crippen LogP contribution in [0.4, 0.5) is 0 Å². The lowest BCUT2D eigenvalue weighted by Gasteiger charge is -2.33. The van der Waals surface area contributed by atoms with Crippen molar-refractivity contribution < 1.29 is 4.42 Å². The molecule has 1 aromatic heterocycles. The van der Waals surface area contributed by atoms with E-state index in [1.165, 1.54) is 86.5 Å². The highest BCUT2D eigenvalue weighted by Crippen LogP contribution is 2.55. The second-order valence-corrected chi connectivity index (χ2v) is 9.64. The molecule has 0 fully saturated rings. The molecule has 0 bridgehead atoms. The van der Waals surface area contributed by atoms with Gasteiger partial charge in [0.15, 0.2) is 0 Å². The molecule has 0 radical (unpaired) electrons. The Bertz CT molecular complexity index is 1040. The third-order valence-electron chi connectivity index (χ3n) is 7.20. The van der Waals surface area contributed by atoms with Gasteiger partial charge >= 0.3 is 0 Å². The average Bonchev–Trinajstić information content (AvgIpc) is 3.34. The summed E-state index contributed by atoms with van der Waals surface area (Å²) in [5.74, 6) is 1.24. The van der Waals surface area contributed by atoms with Crippen LogP contribution in [0.3, 0.4) is 0 Å². The minimum atomic E-state index is 0.0866. The van der Waals surface area contributed by atoms with Crippen LogP contribution in [0.5, 0.6) is 0 Å². The van der Waals surface area contributed by atoms with Crippen LogP contribution in [0.2, 0.25) is 0 Å². The van der Waals surface area contributed by atoms with Crippen LogP contribution in [0, 0.1) is 13.8 Å². The van der Waals surface area contributed by atoms with E-state index in [-0.39, 0.29) is 5.41 Å². The molecule has 3 nitrogen and oxygen atoms in total. The highest BCUT2D eigenvalue weighted by molar-refractivity contribution is 5.83. The van der Waals surface area contributed by atoms with Gasteiger partial charge in [0.25, 0.3) is 0 Å². The first-order chi connectivity index (χ1) is 15.6. The molecule has 1 aliphatic carbocycles. The maximum atomic E-state index is 5.80. The molecule has 0 atom stereocenters. The maximum Gasteiger partial charge on any atom is 0.247 e. The Morgan fingerprint density at radius 2 is 1.34 bits per heavy atom. The second kappa shape index (κ2) is 10.0. The molecule has 0 saturated heterocycles. The van der Waals surface area contributed by atoms with Crippen LogP contribution < -0.4 is 0 Å². The van der Waals surface area contributed by atoms with Crippen molar-refractivity contribution in [2.45, 2.75) is 97.3 Å². The van der Waals surface area contributed by atoms with E-state index in [2.05, 4.69) is 67.4 Å². The van der Waals surface area contributed by atoms with E-state index >= 15 is 0 Å². The van der Waals surface area contributed by atoms with Crippen molar-refractivity contribution in [2.75, 3.05) is 0 Å². The number of nitrogens with zero attached hydrogens (tertiary/aromatic N) is 2. The Balaban J connectivity index is 1.80. The van der Waals surface area contributed by atoms with E-state index in [4.69, 9.17) is 4.42 Å². The molecule has 170 valence electrons. The van der Waals surface area contributed by atoms with Gasteiger partial charge < -0.3 is 4.42 Å². The number of aromatic nitrogens is 2. The molecule has 0 amide bonds. The van der Waals surface area contributed by atoms with E-state index < -0.39 is 0 Å². The van der Waals surface area contributed by atoms with E-state index in [0.29, 0.717) is 11.8 Å². The third-order valence-corrected chi connectivity index (χ3v) is 7.20. The summed E-state index contributed by atoms with van der Waals surface area (Å²) in [7, 11) is 0. The van der Waals surface area contributed by atoms with Crippen molar-refractivity contribution in [3.8, 4) is 22.6 Å². The SMILES string of the molecule is CCCCCCC1(CCCCCC)c2cc(C)ccc2-c2ccc(-c3nnc(C)o3)cc21. The van der Waals surface area contributed by atoms with Crippen LogP contribution in [-0.4, -0.2) is 10.2 Å². The zero-order valence-electron chi connectivity index (χ0n) is 20.3. The number of hydrogen-bond acceptors (Lipinski definition) is 3. The quantitative estimate of drug-likeness (QED) is 0.286. The third kappa shape index (κ3) is 4.40. The molecular formula is C29H38N2O. The van der Waals surface area contributed by atoms with Gasteiger partial charge in [-0.05, 0) is 54.2 Å². The molecule has 4 rings (SSSR count). The van der Waals surface area contributed by atoms with E-state index in [1.807, 2.05) is 6.92 Å². The lowest BCUT2D eigenvalue weighted by molar-refractivity contribution is 0.401. The molecule has 2 aromatic carbocycles. The van der Waals surface area contributed by atoms with Crippen molar-refractivity contribution in [3.05, 3.63) is 59.0 Å². The summed E-state index contributed by atoms with van der Waals surface area (Å²) >= 11 is 0. The number of aryl methyl sites for hydroxylation is 2. The van der Waals surface area contributed by atoms with Crippen molar-refractivity contribution in [3.63, 3.8) is 0 Å². The van der Waals surface area contributed by atoms with Crippen molar-refractivity contribution in [1.29, 1.82) is 0 Å². The first-order valence-electron chi connectivity index (χ1n) is 12.7. The molecule has 1 aliphatic rings. The van der Waals surface area contributed by atoms with Crippen LogP contribution in [0.15, 0.2) is 40.8 Å². The standard InChI is InChI=1S/C29H38N2O/c1-5-7-9-11-17-29(18-12-10-8-6-2)26-19-21(3)13-15-24(26)25-16-14-23(20-27(25)29)28-31-30-22(4)32-28/h13-16,19-20H,5-12,17-18H2,1-4H3. The van der Waals surface area contributed by atoms with Gasteiger partial charge in [0.2, 0.25) is 11.8 Å². The summed E-state index contributed by atoms with van der Waals surface area (Å²) in [5, 5.41) is 8.38. The second-order valence-electron chi connectivity index (χ2n) is 9.64. The zero-order valence-corrected chi connectivity index (χ0v) is 20.3. The number of rotatable bonds is 11. The number of hydrogen-bond donors (Lipinski definition) is 0. The van der Waals surface area contributed by atoms with Gasteiger partial charge in [0.1, 0.15) is 0 Å². The summed E-state index contributed by atoms with van der Waals surface area (Å²) in [6.45, 7) is 8.68. The zero-order chi connectivity index (χ0) is 22.6. The van der Waals surface area contributed by atoms with Crippen molar-refractivity contribution in [1.82, 2.24) is 10.2 Å². The predicted octanol–water partition coefficient (Wildman–Crippen LogP) is 8.56. The van der Waals surface area contributed by atoms with E-state index in [0.717, 1.165) is 5.56 Å². The number of benzene rings is 2. The first-order valence-corrected chi connectivity index (χ1v) is 12.7. The van der Waals surface area contributed by atoms with Crippen LogP contribution in [-0.2, 0) is 5.41 Å². The fourth-order valence-corrected chi connectivity index (χ4v) is 5.53. The molecule has 3 heteroatoms. The first kappa shape index (κ1) is 22.8. The Kier molecular flexibility index (Phi) is 7.13. The van der Waals surface area contributed by atoms with E-state index in [1.54, 1.807) is 5.56 Å². The summed E-state index contributed by atoms with van der Waals surface area (Å²) in [6, 6.07) is 13.9. The summed E-state index contributed by atoms with van der Waals surface area (Å²) in [5.41, 5.74) is 8.31.